The number of aryl methyl sites for hydroxylation is 1. The highest BCUT2D eigenvalue weighted by molar-refractivity contribution is 9.09. The minimum Gasteiger partial charge on any atom is -0.353 e. The Kier molecular flexibility index (Phi) is 3.09. The second kappa shape index (κ2) is 4.37. The molecule has 0 radical (unpaired) electrons. The average Bonchev–Trinajstić information content (AvgIpc) is 2.69. The Hall–Kier alpha value is -1.17. The fourth-order valence-corrected chi connectivity index (χ4v) is 1.92. The number of aromatic nitrogens is 4. The Bertz CT molecular complexity index is 495. The van der Waals surface area contributed by atoms with E-state index in [1.165, 1.54) is 0 Å². The Balaban J connectivity index is 2.52. The third kappa shape index (κ3) is 1.77. The Morgan fingerprint density at radius 2 is 2.25 bits per heavy atom. The van der Waals surface area contributed by atoms with E-state index in [2.05, 4.69) is 42.9 Å². The summed E-state index contributed by atoms with van der Waals surface area (Å²) in [7, 11) is 2.01. The quantitative estimate of drug-likeness (QED) is 0.804. The second-order valence-electron chi connectivity index (χ2n) is 3.81. The average molecular weight is 284 g/mol. The van der Waals surface area contributed by atoms with Crippen LogP contribution in [0.2, 0.25) is 0 Å². The molecule has 2 heterocycles. The number of halogens is 1. The molecule has 0 bridgehead atoms. The van der Waals surface area contributed by atoms with E-state index in [1.807, 2.05) is 24.6 Å². The van der Waals surface area contributed by atoms with Crippen molar-refractivity contribution in [1.82, 2.24) is 19.6 Å². The van der Waals surface area contributed by atoms with Gasteiger partial charge in [-0.05, 0) is 13.8 Å². The Morgan fingerprint density at radius 3 is 2.94 bits per heavy atom. The van der Waals surface area contributed by atoms with Crippen LogP contribution in [0.3, 0.4) is 0 Å². The van der Waals surface area contributed by atoms with Gasteiger partial charge >= 0.3 is 0 Å². The number of hydrogen-bond acceptors (Lipinski definition) is 4. The summed E-state index contributed by atoms with van der Waals surface area (Å²) in [5, 5.41) is 9.10. The van der Waals surface area contributed by atoms with Crippen molar-refractivity contribution in [2.24, 2.45) is 0 Å². The van der Waals surface area contributed by atoms with Crippen molar-refractivity contribution in [3.63, 3.8) is 0 Å². The molecule has 1 unspecified atom stereocenters. The molecule has 2 aromatic rings. The van der Waals surface area contributed by atoms with Crippen molar-refractivity contribution in [3.05, 3.63) is 18.2 Å². The van der Waals surface area contributed by atoms with Crippen LogP contribution in [0.1, 0.15) is 12.7 Å². The third-order valence-electron chi connectivity index (χ3n) is 2.70. The first kappa shape index (κ1) is 11.3. The van der Waals surface area contributed by atoms with Crippen LogP contribution in [0.5, 0.6) is 0 Å². The Morgan fingerprint density at radius 1 is 1.50 bits per heavy atom. The van der Waals surface area contributed by atoms with Gasteiger partial charge in [0, 0.05) is 30.8 Å². The fraction of sp³-hybridized carbons (Fsp3) is 0.500. The van der Waals surface area contributed by atoms with Gasteiger partial charge in [0.15, 0.2) is 5.82 Å². The molecular formula is C10H14BrN5. The van der Waals surface area contributed by atoms with E-state index in [9.17, 15) is 0 Å². The van der Waals surface area contributed by atoms with Gasteiger partial charge in [-0.1, -0.05) is 15.9 Å². The molecule has 0 saturated carbocycles. The molecule has 0 aromatic carbocycles. The molecule has 0 spiro atoms. The molecule has 0 aliphatic carbocycles. The highest BCUT2D eigenvalue weighted by atomic mass is 79.9. The van der Waals surface area contributed by atoms with Crippen LogP contribution in [0.4, 0.5) is 5.82 Å². The molecular weight excluding hydrogens is 270 g/mol. The molecule has 2 aromatic heterocycles. The maximum absolute atomic E-state index is 4.37. The van der Waals surface area contributed by atoms with Gasteiger partial charge < -0.3 is 4.90 Å². The molecule has 0 saturated heterocycles. The van der Waals surface area contributed by atoms with Crippen molar-refractivity contribution in [2.45, 2.75) is 19.9 Å². The predicted octanol–water partition coefficient (Wildman–Crippen LogP) is 1.65. The Labute approximate surface area is 103 Å². The van der Waals surface area contributed by atoms with E-state index in [1.54, 1.807) is 6.20 Å². The van der Waals surface area contributed by atoms with Crippen LogP contribution >= 0.6 is 15.9 Å². The molecule has 5 nitrogen and oxygen atoms in total. The maximum Gasteiger partial charge on any atom is 0.203 e. The fourth-order valence-electron chi connectivity index (χ4n) is 1.49. The van der Waals surface area contributed by atoms with E-state index in [0.29, 0.717) is 6.04 Å². The van der Waals surface area contributed by atoms with E-state index >= 15 is 0 Å². The van der Waals surface area contributed by atoms with Crippen molar-refractivity contribution in [3.8, 4) is 0 Å². The van der Waals surface area contributed by atoms with Gasteiger partial charge in [-0.15, -0.1) is 10.2 Å². The summed E-state index contributed by atoms with van der Waals surface area (Å²) >= 11 is 3.47. The van der Waals surface area contributed by atoms with Crippen molar-refractivity contribution >= 4 is 27.4 Å². The summed E-state index contributed by atoms with van der Waals surface area (Å²) in [6.07, 6.45) is 3.65. The van der Waals surface area contributed by atoms with E-state index in [4.69, 9.17) is 0 Å². The van der Waals surface area contributed by atoms with Crippen LogP contribution < -0.4 is 4.90 Å². The highest BCUT2D eigenvalue weighted by Crippen LogP contribution is 2.18. The van der Waals surface area contributed by atoms with Crippen LogP contribution in [-0.2, 0) is 0 Å². The van der Waals surface area contributed by atoms with Crippen LogP contribution in [-0.4, -0.2) is 38.0 Å². The van der Waals surface area contributed by atoms with Gasteiger partial charge in [0.2, 0.25) is 5.65 Å². The lowest BCUT2D eigenvalue weighted by molar-refractivity contribution is 0.756. The van der Waals surface area contributed by atoms with Gasteiger partial charge in [0.05, 0.1) is 0 Å². The van der Waals surface area contributed by atoms with Crippen LogP contribution in [0.15, 0.2) is 12.4 Å². The lowest BCUT2D eigenvalue weighted by Gasteiger charge is -2.24. The molecule has 0 aliphatic heterocycles. The van der Waals surface area contributed by atoms with E-state index in [0.717, 1.165) is 22.6 Å². The number of hydrogen-bond donors (Lipinski definition) is 0. The van der Waals surface area contributed by atoms with Crippen LogP contribution in [0.25, 0.3) is 5.65 Å². The van der Waals surface area contributed by atoms with Gasteiger partial charge in [0.25, 0.3) is 0 Å². The van der Waals surface area contributed by atoms with Gasteiger partial charge in [0.1, 0.15) is 5.82 Å². The van der Waals surface area contributed by atoms with Gasteiger partial charge in [-0.3, -0.25) is 4.40 Å². The highest BCUT2D eigenvalue weighted by Gasteiger charge is 2.15. The molecule has 1 atom stereocenters. The summed E-state index contributed by atoms with van der Waals surface area (Å²) in [4.78, 5) is 6.47. The number of fused-ring (bicyclic) bond motifs is 1. The lowest BCUT2D eigenvalue weighted by atomic mass is 10.3. The zero-order valence-electron chi connectivity index (χ0n) is 9.55. The van der Waals surface area contributed by atoms with Crippen molar-refractivity contribution < 1.29 is 0 Å². The summed E-state index contributed by atoms with van der Waals surface area (Å²) in [6.45, 7) is 4.06. The zero-order valence-corrected chi connectivity index (χ0v) is 11.1. The van der Waals surface area contributed by atoms with Gasteiger partial charge in [-0.25, -0.2) is 4.98 Å². The number of rotatable bonds is 3. The number of nitrogens with zero attached hydrogens (tertiary/aromatic N) is 5. The zero-order chi connectivity index (χ0) is 11.7. The first-order valence-corrected chi connectivity index (χ1v) is 6.22. The summed E-state index contributed by atoms with van der Waals surface area (Å²) < 4.78 is 1.94. The number of alkyl halides is 1. The number of anilines is 1. The monoisotopic (exact) mass is 283 g/mol. The smallest absolute Gasteiger partial charge is 0.203 e. The minimum atomic E-state index is 0.357. The van der Waals surface area contributed by atoms with Crippen molar-refractivity contribution in [1.29, 1.82) is 0 Å². The third-order valence-corrected chi connectivity index (χ3v) is 3.63. The van der Waals surface area contributed by atoms with Crippen LogP contribution in [0, 0.1) is 6.92 Å². The molecule has 6 heteroatoms. The summed E-state index contributed by atoms with van der Waals surface area (Å²) in [5.74, 6) is 1.73. The largest absolute Gasteiger partial charge is 0.353 e. The molecule has 2 rings (SSSR count). The molecule has 0 amide bonds. The molecule has 0 N–H and O–H groups in total. The van der Waals surface area contributed by atoms with Crippen molar-refractivity contribution in [2.75, 3.05) is 17.3 Å². The predicted molar refractivity (Wildman–Crippen MR) is 67.2 cm³/mol. The SMILES string of the molecule is Cc1nnc2c(N(C)C(C)CBr)nccn12. The van der Waals surface area contributed by atoms with E-state index in [-0.39, 0.29) is 0 Å². The van der Waals surface area contributed by atoms with Gasteiger partial charge in [-0.2, -0.15) is 0 Å². The first-order chi connectivity index (χ1) is 7.65. The molecule has 0 aliphatic rings. The second-order valence-corrected chi connectivity index (χ2v) is 4.45. The molecule has 86 valence electrons. The lowest BCUT2D eigenvalue weighted by Crippen LogP contribution is -2.31. The molecule has 0 fully saturated rings. The first-order valence-electron chi connectivity index (χ1n) is 5.10. The standard InChI is InChI=1S/C10H14BrN5/c1-7(6-11)15(3)9-10-14-13-8(2)16(10)5-4-12-9/h4-5,7H,6H2,1-3H3. The summed E-state index contributed by atoms with van der Waals surface area (Å²) in [5.41, 5.74) is 0.801. The van der Waals surface area contributed by atoms with E-state index < -0.39 is 0 Å². The molecule has 16 heavy (non-hydrogen) atoms. The maximum atomic E-state index is 4.37. The minimum absolute atomic E-state index is 0.357. The normalized spacial score (nSPS) is 13.0. The summed E-state index contributed by atoms with van der Waals surface area (Å²) in [6, 6.07) is 0.357. The topological polar surface area (TPSA) is 46.3 Å².